The predicted octanol–water partition coefficient (Wildman–Crippen LogP) is 9.77. The summed E-state index contributed by atoms with van der Waals surface area (Å²) in [5.74, 6) is 2.78. The summed E-state index contributed by atoms with van der Waals surface area (Å²) in [7, 11) is 0. The largest absolute Gasteiger partial charge is 0.492 e. The first kappa shape index (κ1) is 35.5. The minimum absolute atomic E-state index is 0.00119. The number of benzene rings is 4. The highest BCUT2D eigenvalue weighted by Crippen LogP contribution is 2.38. The summed E-state index contributed by atoms with van der Waals surface area (Å²) in [5.41, 5.74) is 0.420. The first-order chi connectivity index (χ1) is 23.1. The Hall–Kier alpha value is -3.80. The number of ketones is 4. The zero-order valence-corrected chi connectivity index (χ0v) is 28.2. The maximum Gasteiger partial charge on any atom is 0.417 e. The minimum atomic E-state index is -4.59. The van der Waals surface area contributed by atoms with E-state index in [1.54, 1.807) is 59.6 Å². The number of thioether (sulfide) groups is 3. The van der Waals surface area contributed by atoms with Gasteiger partial charge < -0.3 is 4.74 Å². The number of ether oxygens (including phenoxy) is 1. The van der Waals surface area contributed by atoms with Crippen molar-refractivity contribution in [2.75, 3.05) is 23.9 Å². The SMILES string of the molecule is O=C(CCC(=O)c1ccc2c(c1)OCCS2)c1ccccc1.O=C(CCC(=O)c1ccccc1C(F)(F)F)c1ccc2c(c1)SCCS2. The topological polar surface area (TPSA) is 77.5 Å². The van der Waals surface area contributed by atoms with Crippen LogP contribution >= 0.6 is 35.3 Å². The Morgan fingerprint density at radius 2 is 1.10 bits per heavy atom. The number of rotatable bonds is 10. The molecule has 2 aliphatic rings. The van der Waals surface area contributed by atoms with Gasteiger partial charge in [0.2, 0.25) is 0 Å². The van der Waals surface area contributed by atoms with Crippen molar-refractivity contribution in [3.63, 3.8) is 0 Å². The molecule has 4 aromatic carbocycles. The van der Waals surface area contributed by atoms with Crippen LogP contribution in [0.15, 0.2) is 106 Å². The molecule has 11 heteroatoms. The van der Waals surface area contributed by atoms with Gasteiger partial charge in [0.05, 0.1) is 12.2 Å². The molecule has 4 aromatic rings. The summed E-state index contributed by atoms with van der Waals surface area (Å²) in [5, 5.41) is 0. The highest BCUT2D eigenvalue weighted by molar-refractivity contribution is 8.05. The highest BCUT2D eigenvalue weighted by Gasteiger charge is 2.34. The molecule has 0 aromatic heterocycles. The summed E-state index contributed by atoms with van der Waals surface area (Å²) in [6, 6.07) is 24.7. The van der Waals surface area contributed by atoms with Crippen molar-refractivity contribution in [3.8, 4) is 5.75 Å². The lowest BCUT2D eigenvalue weighted by molar-refractivity contribution is -0.137. The van der Waals surface area contributed by atoms with E-state index in [0.717, 1.165) is 49.8 Å². The minimum Gasteiger partial charge on any atom is -0.492 e. The molecule has 0 spiro atoms. The van der Waals surface area contributed by atoms with Gasteiger partial charge in [0.25, 0.3) is 0 Å². The molecule has 0 bridgehead atoms. The molecule has 0 fully saturated rings. The molecule has 0 aliphatic carbocycles. The Bertz CT molecular complexity index is 1810. The predicted molar refractivity (Wildman–Crippen MR) is 184 cm³/mol. The number of carbonyl (C=O) groups is 4. The zero-order chi connectivity index (χ0) is 34.1. The molecule has 2 heterocycles. The van der Waals surface area contributed by atoms with E-state index < -0.39 is 17.5 Å². The van der Waals surface area contributed by atoms with Gasteiger partial charge in [-0.15, -0.1) is 35.3 Å². The quantitative estimate of drug-likeness (QED) is 0.151. The monoisotopic (exact) mass is 708 g/mol. The van der Waals surface area contributed by atoms with Crippen molar-refractivity contribution >= 4 is 58.4 Å². The van der Waals surface area contributed by atoms with Gasteiger partial charge in [-0.3, -0.25) is 19.2 Å². The van der Waals surface area contributed by atoms with Gasteiger partial charge in [0, 0.05) is 79.9 Å². The Kier molecular flexibility index (Phi) is 12.2. The van der Waals surface area contributed by atoms with E-state index in [1.807, 2.05) is 42.5 Å². The normalized spacial score (nSPS) is 13.6. The van der Waals surface area contributed by atoms with Crippen molar-refractivity contribution in [1.29, 1.82) is 0 Å². The van der Waals surface area contributed by atoms with Crippen LogP contribution in [-0.4, -0.2) is 47.0 Å². The van der Waals surface area contributed by atoms with Crippen LogP contribution in [0.2, 0.25) is 0 Å². The smallest absolute Gasteiger partial charge is 0.417 e. The van der Waals surface area contributed by atoms with Crippen LogP contribution in [0, 0.1) is 0 Å². The van der Waals surface area contributed by atoms with E-state index in [9.17, 15) is 32.3 Å². The van der Waals surface area contributed by atoms with Crippen molar-refractivity contribution in [3.05, 3.63) is 119 Å². The van der Waals surface area contributed by atoms with Gasteiger partial charge in [0.1, 0.15) is 5.75 Å². The molecule has 0 radical (unpaired) electrons. The van der Waals surface area contributed by atoms with Gasteiger partial charge in [-0.2, -0.15) is 13.2 Å². The van der Waals surface area contributed by atoms with Gasteiger partial charge in [-0.1, -0.05) is 60.7 Å². The number of Topliss-reactive ketones (excluding diaryl/α,β-unsaturated/α-hetero) is 4. The van der Waals surface area contributed by atoms with Crippen LogP contribution in [0.4, 0.5) is 13.2 Å². The molecule has 0 N–H and O–H groups in total. The van der Waals surface area contributed by atoms with E-state index in [1.165, 1.54) is 12.1 Å². The van der Waals surface area contributed by atoms with Crippen LogP contribution in [0.25, 0.3) is 0 Å². The molecular weight excluding hydrogens is 678 g/mol. The van der Waals surface area contributed by atoms with Gasteiger partial charge in [-0.25, -0.2) is 0 Å². The van der Waals surface area contributed by atoms with Gasteiger partial charge in [-0.05, 0) is 30.3 Å². The summed E-state index contributed by atoms with van der Waals surface area (Å²) >= 11 is 5.15. The fourth-order valence-corrected chi connectivity index (χ4v) is 8.11. The molecule has 0 saturated carbocycles. The highest BCUT2D eigenvalue weighted by atomic mass is 32.2. The van der Waals surface area contributed by atoms with E-state index in [0.29, 0.717) is 23.3 Å². The third kappa shape index (κ3) is 9.42. The van der Waals surface area contributed by atoms with Gasteiger partial charge >= 0.3 is 6.18 Å². The molecule has 48 heavy (non-hydrogen) atoms. The van der Waals surface area contributed by atoms with Crippen molar-refractivity contribution < 1.29 is 37.1 Å². The van der Waals surface area contributed by atoms with Crippen LogP contribution in [-0.2, 0) is 6.18 Å². The second-order valence-electron chi connectivity index (χ2n) is 10.8. The fraction of sp³-hybridized carbons (Fsp3) is 0.243. The molecule has 0 saturated heterocycles. The second kappa shape index (κ2) is 16.5. The number of halogens is 3. The van der Waals surface area contributed by atoms with Crippen molar-refractivity contribution in [1.82, 2.24) is 0 Å². The lowest BCUT2D eigenvalue weighted by Crippen LogP contribution is -2.14. The van der Waals surface area contributed by atoms with E-state index >= 15 is 0 Å². The maximum absolute atomic E-state index is 13.0. The van der Waals surface area contributed by atoms with Crippen LogP contribution in [0.5, 0.6) is 5.75 Å². The van der Waals surface area contributed by atoms with Crippen molar-refractivity contribution in [2.45, 2.75) is 46.5 Å². The van der Waals surface area contributed by atoms with Crippen LogP contribution in [0.3, 0.4) is 0 Å². The number of hydrogen-bond acceptors (Lipinski definition) is 8. The van der Waals surface area contributed by atoms with E-state index in [-0.39, 0.29) is 48.6 Å². The average molecular weight is 709 g/mol. The molecule has 2 aliphatic heterocycles. The second-order valence-corrected chi connectivity index (χ2v) is 14.2. The fourth-order valence-electron chi connectivity index (χ4n) is 5.05. The summed E-state index contributed by atoms with van der Waals surface area (Å²) in [4.78, 5) is 52.1. The molecule has 0 atom stereocenters. The molecule has 5 nitrogen and oxygen atoms in total. The number of carbonyl (C=O) groups excluding carboxylic acids is 4. The Morgan fingerprint density at radius 1 is 0.562 bits per heavy atom. The van der Waals surface area contributed by atoms with E-state index in [2.05, 4.69) is 0 Å². The molecule has 248 valence electrons. The lowest BCUT2D eigenvalue weighted by atomic mass is 9.98. The van der Waals surface area contributed by atoms with Crippen LogP contribution < -0.4 is 4.74 Å². The number of hydrogen-bond donors (Lipinski definition) is 0. The third-order valence-corrected chi connectivity index (χ3v) is 11.1. The van der Waals surface area contributed by atoms with E-state index in [4.69, 9.17) is 4.74 Å². The van der Waals surface area contributed by atoms with Gasteiger partial charge in [0.15, 0.2) is 23.1 Å². The first-order valence-corrected chi connectivity index (χ1v) is 18.2. The standard InChI is InChI=1S/C19H15F3O2S2.C18H16O3S/c20-19(21,22)14-4-2-1-3-13(14)16(24)7-6-15(23)12-5-8-17-18(11-12)26-10-9-25-17;19-15(13-4-2-1-3-5-13)7-8-16(20)14-6-9-18-17(12-14)21-10-11-22-18/h1-5,8,11H,6-7,9-10H2;1-6,9,12H,7-8,10-11H2. The third-order valence-electron chi connectivity index (χ3n) is 7.52. The molecule has 0 amide bonds. The maximum atomic E-state index is 13.0. The van der Waals surface area contributed by atoms with Crippen molar-refractivity contribution in [2.24, 2.45) is 0 Å². The Balaban J connectivity index is 0.000000190. The summed E-state index contributed by atoms with van der Waals surface area (Å²) in [6.07, 6.45) is -4.49. The molecule has 6 rings (SSSR count). The summed E-state index contributed by atoms with van der Waals surface area (Å²) < 4.78 is 44.6. The number of fused-ring (bicyclic) bond motifs is 2. The first-order valence-electron chi connectivity index (χ1n) is 15.2. The average Bonchev–Trinajstić information content (AvgIpc) is 3.12. The molecule has 0 unspecified atom stereocenters. The number of alkyl halides is 3. The molecular formula is C37H31F3O5S3. The summed E-state index contributed by atoms with van der Waals surface area (Å²) in [6.45, 7) is 0.668. The van der Waals surface area contributed by atoms with Crippen LogP contribution in [0.1, 0.15) is 72.7 Å². The Morgan fingerprint density at radius 3 is 1.79 bits per heavy atom. The zero-order valence-electron chi connectivity index (χ0n) is 25.7. The Labute approximate surface area is 289 Å². The lowest BCUT2D eigenvalue weighted by Gasteiger charge is -2.17.